The maximum Gasteiger partial charge on any atom is 0.364 e. The summed E-state index contributed by atoms with van der Waals surface area (Å²) in [6, 6.07) is 3.55. The van der Waals surface area contributed by atoms with E-state index in [2.05, 4.69) is 5.32 Å². The van der Waals surface area contributed by atoms with Crippen LogP contribution in [0, 0.1) is 0 Å². The van der Waals surface area contributed by atoms with Crippen LogP contribution in [0.5, 0.6) is 0 Å². The molecule has 1 aliphatic heterocycles. The SMILES string of the molecule is CC(C)(C)OC(=O)CCCCCCCCCCCCCCCCC(=O)Nc1cc(C(=O)O)cc(C(=O)ON2C(=O)CCC2=O)c1. The third-order valence-electron chi connectivity index (χ3n) is 7.33. The van der Waals surface area contributed by atoms with E-state index in [9.17, 15) is 33.9 Å². The number of hydrogen-bond acceptors (Lipinski definition) is 8. The summed E-state index contributed by atoms with van der Waals surface area (Å²) < 4.78 is 5.33. The predicted molar refractivity (Wildman–Crippen MR) is 168 cm³/mol. The van der Waals surface area contributed by atoms with Gasteiger partial charge in [-0.3, -0.25) is 19.2 Å². The molecule has 0 saturated carbocycles. The number of unbranched alkanes of at least 4 members (excludes halogenated alkanes) is 13. The summed E-state index contributed by atoms with van der Waals surface area (Å²) in [5.74, 6) is -4.08. The van der Waals surface area contributed by atoms with Crippen LogP contribution in [0.3, 0.4) is 0 Å². The van der Waals surface area contributed by atoms with E-state index in [4.69, 9.17) is 9.57 Å². The maximum absolute atomic E-state index is 12.5. The zero-order valence-corrected chi connectivity index (χ0v) is 27.1. The van der Waals surface area contributed by atoms with E-state index in [1.807, 2.05) is 20.8 Å². The van der Waals surface area contributed by atoms with Gasteiger partial charge in [0.1, 0.15) is 5.60 Å². The molecule has 0 aromatic heterocycles. The molecule has 0 radical (unpaired) electrons. The zero-order chi connectivity index (χ0) is 33.2. The van der Waals surface area contributed by atoms with Gasteiger partial charge < -0.3 is 20.0 Å². The lowest BCUT2D eigenvalue weighted by molar-refractivity contribution is -0.172. The van der Waals surface area contributed by atoms with Gasteiger partial charge in [0.05, 0.1) is 11.1 Å². The number of anilines is 1. The van der Waals surface area contributed by atoms with Crippen molar-refractivity contribution in [2.24, 2.45) is 0 Å². The summed E-state index contributed by atoms with van der Waals surface area (Å²) in [6.07, 6.45) is 16.1. The monoisotopic (exact) mass is 630 g/mol. The predicted octanol–water partition coefficient (Wildman–Crippen LogP) is 7.13. The molecule has 0 aliphatic carbocycles. The number of carbonyl (C=O) groups is 6. The highest BCUT2D eigenvalue weighted by Crippen LogP contribution is 2.20. The van der Waals surface area contributed by atoms with E-state index in [1.54, 1.807) is 0 Å². The molecule has 1 aliphatic rings. The molecule has 250 valence electrons. The summed E-state index contributed by atoms with van der Waals surface area (Å²) in [6.45, 7) is 5.67. The molecule has 1 saturated heterocycles. The first kappa shape index (κ1) is 37.4. The Bertz CT molecular complexity index is 1160. The van der Waals surface area contributed by atoms with Crippen molar-refractivity contribution >= 4 is 41.3 Å². The molecule has 1 aromatic carbocycles. The molecule has 1 aromatic rings. The van der Waals surface area contributed by atoms with Crippen molar-refractivity contribution in [2.45, 2.75) is 142 Å². The van der Waals surface area contributed by atoms with Crippen molar-refractivity contribution in [3.8, 4) is 0 Å². The van der Waals surface area contributed by atoms with Crippen LogP contribution in [0.2, 0.25) is 0 Å². The molecule has 0 atom stereocenters. The van der Waals surface area contributed by atoms with E-state index in [-0.39, 0.29) is 48.0 Å². The van der Waals surface area contributed by atoms with Crippen LogP contribution in [0.4, 0.5) is 5.69 Å². The van der Waals surface area contributed by atoms with Crippen LogP contribution in [0.15, 0.2) is 18.2 Å². The Labute approximate surface area is 266 Å². The fraction of sp³-hybridized carbons (Fsp3) is 0.647. The standard InChI is InChI=1S/C34H50N2O9/c1-34(2,3)44-31(40)19-17-15-13-11-9-7-5-4-6-8-10-12-14-16-18-28(37)35-27-23-25(32(41)42)22-26(24-27)33(43)45-36-29(38)20-21-30(36)39/h22-24H,4-21H2,1-3H3,(H,35,37)(H,41,42). The van der Waals surface area contributed by atoms with Gasteiger partial charge in [-0.05, 0) is 51.8 Å². The van der Waals surface area contributed by atoms with Gasteiger partial charge in [-0.2, -0.15) is 0 Å². The largest absolute Gasteiger partial charge is 0.478 e. The lowest BCUT2D eigenvalue weighted by atomic mass is 10.0. The van der Waals surface area contributed by atoms with Crippen molar-refractivity contribution < 1.29 is 43.4 Å². The number of benzene rings is 1. The van der Waals surface area contributed by atoms with Crippen molar-refractivity contribution in [2.75, 3.05) is 5.32 Å². The van der Waals surface area contributed by atoms with Crippen LogP contribution in [-0.2, 0) is 28.8 Å². The summed E-state index contributed by atoms with van der Waals surface area (Å²) in [5.41, 5.74) is -0.741. The highest BCUT2D eigenvalue weighted by Gasteiger charge is 2.33. The number of nitrogens with one attached hydrogen (secondary N) is 1. The Morgan fingerprint density at radius 3 is 1.62 bits per heavy atom. The first-order valence-electron chi connectivity index (χ1n) is 16.3. The number of aromatic carboxylic acids is 1. The van der Waals surface area contributed by atoms with Gasteiger partial charge in [-0.15, -0.1) is 5.06 Å². The number of carboxylic acid groups (broad SMARTS) is 1. The number of ether oxygens (including phenoxy) is 1. The number of rotatable bonds is 21. The van der Waals surface area contributed by atoms with Gasteiger partial charge in [0.15, 0.2) is 0 Å². The van der Waals surface area contributed by atoms with Gasteiger partial charge >= 0.3 is 17.9 Å². The summed E-state index contributed by atoms with van der Waals surface area (Å²) in [4.78, 5) is 76.5. The summed E-state index contributed by atoms with van der Waals surface area (Å²) in [5, 5.41) is 12.4. The molecule has 0 unspecified atom stereocenters. The van der Waals surface area contributed by atoms with E-state index < -0.39 is 29.4 Å². The third kappa shape index (κ3) is 15.7. The van der Waals surface area contributed by atoms with Crippen molar-refractivity contribution in [3.63, 3.8) is 0 Å². The van der Waals surface area contributed by atoms with E-state index in [0.717, 1.165) is 44.6 Å². The first-order chi connectivity index (χ1) is 21.4. The zero-order valence-electron chi connectivity index (χ0n) is 27.1. The average Bonchev–Trinajstić information content (AvgIpc) is 3.27. The molecular formula is C34H50N2O9. The fourth-order valence-corrected chi connectivity index (χ4v) is 5.03. The number of imide groups is 1. The molecule has 11 heteroatoms. The van der Waals surface area contributed by atoms with Gasteiger partial charge in [0.2, 0.25) is 5.91 Å². The van der Waals surface area contributed by atoms with Gasteiger partial charge in [-0.25, -0.2) is 9.59 Å². The van der Waals surface area contributed by atoms with Crippen LogP contribution >= 0.6 is 0 Å². The van der Waals surface area contributed by atoms with Crippen molar-refractivity contribution in [1.82, 2.24) is 5.06 Å². The number of hydroxylamine groups is 2. The number of carbonyl (C=O) groups excluding carboxylic acids is 5. The molecule has 3 amide bonds. The van der Waals surface area contributed by atoms with E-state index >= 15 is 0 Å². The van der Waals surface area contributed by atoms with Gasteiger partial charge in [0, 0.05) is 31.4 Å². The lowest BCUT2D eigenvalue weighted by Gasteiger charge is -2.19. The Kier molecular flexibility index (Phi) is 16.3. The minimum atomic E-state index is -1.31. The second-order valence-corrected chi connectivity index (χ2v) is 12.6. The van der Waals surface area contributed by atoms with Crippen LogP contribution in [-0.4, -0.2) is 51.4 Å². The molecule has 45 heavy (non-hydrogen) atoms. The smallest absolute Gasteiger partial charge is 0.364 e. The highest BCUT2D eigenvalue weighted by atomic mass is 16.7. The Balaban J connectivity index is 1.52. The third-order valence-corrected chi connectivity index (χ3v) is 7.33. The molecular weight excluding hydrogens is 580 g/mol. The Hall–Kier alpha value is -3.76. The van der Waals surface area contributed by atoms with Crippen molar-refractivity contribution in [1.29, 1.82) is 0 Å². The number of amides is 3. The molecule has 0 bridgehead atoms. The minimum Gasteiger partial charge on any atom is -0.478 e. The highest BCUT2D eigenvalue weighted by molar-refractivity contribution is 6.04. The summed E-state index contributed by atoms with van der Waals surface area (Å²) in [7, 11) is 0. The molecule has 11 nitrogen and oxygen atoms in total. The molecule has 0 spiro atoms. The van der Waals surface area contributed by atoms with E-state index in [0.29, 0.717) is 17.9 Å². The molecule has 1 fully saturated rings. The minimum absolute atomic E-state index is 0.0642. The summed E-state index contributed by atoms with van der Waals surface area (Å²) >= 11 is 0. The van der Waals surface area contributed by atoms with Gasteiger partial charge in [-0.1, -0.05) is 77.0 Å². The van der Waals surface area contributed by atoms with Gasteiger partial charge in [0.25, 0.3) is 11.8 Å². The number of hydrogen-bond donors (Lipinski definition) is 2. The number of carboxylic acids is 1. The quantitative estimate of drug-likeness (QED) is 0.0819. The average molecular weight is 631 g/mol. The van der Waals surface area contributed by atoms with E-state index in [1.165, 1.54) is 57.1 Å². The number of nitrogens with zero attached hydrogens (tertiary/aromatic N) is 1. The topological polar surface area (TPSA) is 156 Å². The normalized spacial score (nSPS) is 13.2. The number of esters is 1. The first-order valence-corrected chi connectivity index (χ1v) is 16.3. The Morgan fingerprint density at radius 1 is 0.711 bits per heavy atom. The van der Waals surface area contributed by atoms with Crippen LogP contribution < -0.4 is 5.32 Å². The Morgan fingerprint density at radius 2 is 1.16 bits per heavy atom. The van der Waals surface area contributed by atoms with Crippen LogP contribution in [0.25, 0.3) is 0 Å². The second kappa shape index (κ2) is 19.6. The second-order valence-electron chi connectivity index (χ2n) is 12.6. The molecule has 2 rings (SSSR count). The van der Waals surface area contributed by atoms with Crippen LogP contribution in [0.1, 0.15) is 157 Å². The molecule has 1 heterocycles. The maximum atomic E-state index is 12.5. The molecule has 2 N–H and O–H groups in total. The lowest BCUT2D eigenvalue weighted by Crippen LogP contribution is -2.32. The van der Waals surface area contributed by atoms with Crippen molar-refractivity contribution in [3.05, 3.63) is 29.3 Å². The fourth-order valence-electron chi connectivity index (χ4n) is 5.03.